The molecule has 9 rings (SSSR count). The van der Waals surface area contributed by atoms with Gasteiger partial charge in [0.05, 0.1) is 45.7 Å². The van der Waals surface area contributed by atoms with Crippen LogP contribution in [-0.2, 0) is 0 Å². The van der Waals surface area contributed by atoms with Gasteiger partial charge in [-0.15, -0.1) is 0 Å². The third-order valence-corrected chi connectivity index (χ3v) is 8.36. The van der Waals surface area contributed by atoms with E-state index in [1.165, 1.54) is 0 Å². The van der Waals surface area contributed by atoms with Gasteiger partial charge in [0, 0.05) is 26.9 Å². The molecule has 0 spiro atoms. The molecule has 0 amide bonds. The van der Waals surface area contributed by atoms with Gasteiger partial charge in [-0.25, -0.2) is 9.83 Å². The van der Waals surface area contributed by atoms with Gasteiger partial charge >= 0.3 is 0 Å². The topological polar surface area (TPSA) is 64.0 Å². The van der Waals surface area contributed by atoms with Gasteiger partial charge in [0.25, 0.3) is 0 Å². The van der Waals surface area contributed by atoms with E-state index >= 15 is 0 Å². The van der Waals surface area contributed by atoms with E-state index in [1.54, 1.807) is 6.07 Å². The van der Waals surface area contributed by atoms with Crippen LogP contribution in [0.5, 0.6) is 0 Å². The molecule has 6 nitrogen and oxygen atoms in total. The molecule has 5 aromatic carbocycles. The summed E-state index contributed by atoms with van der Waals surface area (Å²) in [4.78, 5) is 8.86. The average Bonchev–Trinajstić information content (AvgIpc) is 3.71. The zero-order valence-electron chi connectivity index (χ0n) is 22.6. The number of aromatic nitrogens is 3. The Balaban J connectivity index is 1.34. The van der Waals surface area contributed by atoms with Crippen LogP contribution in [0, 0.1) is 17.9 Å². The summed E-state index contributed by atoms with van der Waals surface area (Å²) in [5.41, 5.74) is 6.82. The number of nitrogens with zero attached hydrogens (tertiary/aromatic N) is 5. The lowest BCUT2D eigenvalue weighted by molar-refractivity contribution is 0.673. The number of para-hydroxylation sites is 2. The quantitative estimate of drug-likeness (QED) is 0.202. The van der Waals surface area contributed by atoms with Crippen molar-refractivity contribution in [2.45, 2.75) is 0 Å². The van der Waals surface area contributed by atoms with E-state index in [1.807, 2.05) is 72.8 Å². The predicted octanol–water partition coefficient (Wildman–Crippen LogP) is 9.60. The summed E-state index contributed by atoms with van der Waals surface area (Å²) in [6.07, 6.45) is 0. The maximum Gasteiger partial charge on any atom is 0.188 e. The lowest BCUT2D eigenvalue weighted by Crippen LogP contribution is -2.03. The molecule has 0 bridgehead atoms. The minimum atomic E-state index is 0.590. The Hall–Kier alpha value is -6.37. The second kappa shape index (κ2) is 8.57. The van der Waals surface area contributed by atoms with Crippen LogP contribution < -0.4 is 0 Å². The van der Waals surface area contributed by atoms with Crippen molar-refractivity contribution in [2.24, 2.45) is 0 Å². The summed E-state index contributed by atoms with van der Waals surface area (Å²) in [6, 6.07) is 40.5. The molecule has 4 heterocycles. The maximum atomic E-state index is 9.55. The van der Waals surface area contributed by atoms with Crippen LogP contribution in [0.2, 0.25) is 0 Å². The monoisotopic (exact) mass is 549 g/mol. The van der Waals surface area contributed by atoms with E-state index in [2.05, 4.69) is 56.4 Å². The van der Waals surface area contributed by atoms with Gasteiger partial charge in [-0.05, 0) is 66.7 Å². The van der Waals surface area contributed by atoms with Crippen LogP contribution in [0.25, 0.3) is 82.0 Å². The van der Waals surface area contributed by atoms with Crippen molar-refractivity contribution in [1.82, 2.24) is 14.1 Å². The highest BCUT2D eigenvalue weighted by Crippen LogP contribution is 2.41. The number of rotatable bonds is 2. The molecule has 198 valence electrons. The second-order valence-corrected chi connectivity index (χ2v) is 10.6. The van der Waals surface area contributed by atoms with Crippen molar-refractivity contribution < 1.29 is 4.42 Å². The van der Waals surface area contributed by atoms with Crippen LogP contribution in [0.1, 0.15) is 5.56 Å². The molecule has 0 aliphatic heterocycles. The van der Waals surface area contributed by atoms with E-state index < -0.39 is 0 Å². The summed E-state index contributed by atoms with van der Waals surface area (Å²) >= 11 is 0. The van der Waals surface area contributed by atoms with Crippen LogP contribution in [0.4, 0.5) is 5.69 Å². The highest BCUT2D eigenvalue weighted by Gasteiger charge is 2.20. The minimum Gasteiger partial charge on any atom is -0.455 e. The van der Waals surface area contributed by atoms with Crippen molar-refractivity contribution >= 4 is 71.2 Å². The molecular weight excluding hydrogens is 530 g/mol. The van der Waals surface area contributed by atoms with E-state index in [4.69, 9.17) is 16.0 Å². The number of benzene rings is 5. The van der Waals surface area contributed by atoms with Crippen molar-refractivity contribution in [1.29, 1.82) is 5.26 Å². The fourth-order valence-corrected chi connectivity index (χ4v) is 6.54. The Morgan fingerprint density at radius 3 is 2.12 bits per heavy atom. The second-order valence-electron chi connectivity index (χ2n) is 10.6. The zero-order chi connectivity index (χ0) is 28.7. The first kappa shape index (κ1) is 23.3. The Labute approximate surface area is 244 Å². The highest BCUT2D eigenvalue weighted by molar-refractivity contribution is 6.24. The molecule has 0 aliphatic carbocycles. The van der Waals surface area contributed by atoms with E-state index in [9.17, 15) is 5.26 Å². The third kappa shape index (κ3) is 3.18. The van der Waals surface area contributed by atoms with Gasteiger partial charge in [0.15, 0.2) is 5.69 Å². The summed E-state index contributed by atoms with van der Waals surface area (Å²) < 4.78 is 10.8. The fraction of sp³-hybridized carbons (Fsp3) is 0. The first-order valence-corrected chi connectivity index (χ1v) is 13.9. The number of fused-ring (bicyclic) bond motifs is 10. The molecule has 9 aromatic rings. The molecule has 0 saturated carbocycles. The molecule has 6 heteroatoms. The van der Waals surface area contributed by atoms with Crippen molar-refractivity contribution in [2.75, 3.05) is 0 Å². The third-order valence-electron chi connectivity index (χ3n) is 8.36. The van der Waals surface area contributed by atoms with Gasteiger partial charge in [-0.1, -0.05) is 48.5 Å². The lowest BCUT2D eigenvalue weighted by Gasteiger charge is -2.11. The van der Waals surface area contributed by atoms with Gasteiger partial charge in [-0.2, -0.15) is 5.26 Å². The van der Waals surface area contributed by atoms with Gasteiger partial charge in [0.2, 0.25) is 0 Å². The Morgan fingerprint density at radius 1 is 0.628 bits per heavy atom. The molecule has 0 atom stereocenters. The number of nitriles is 1. The Morgan fingerprint density at radius 2 is 1.33 bits per heavy atom. The molecule has 0 N–H and O–H groups in total. The zero-order valence-corrected chi connectivity index (χ0v) is 22.6. The highest BCUT2D eigenvalue weighted by atomic mass is 16.3. The average molecular weight is 550 g/mol. The summed E-state index contributed by atoms with van der Waals surface area (Å²) in [5.74, 6) is 1.57. The van der Waals surface area contributed by atoms with Gasteiger partial charge in [-0.3, -0.25) is 9.13 Å². The standard InChI is InChI=1S/C37H19N5O/c1-39-23-14-18-33-28(20-23)25-15-17-32-36(37(25)43-33)26-8-3-5-10-30(26)42(32)35-12-6-11-34(40-35)41-29-9-4-2-7-24(29)27-19-22(21-38)13-16-31(27)41/h2-20H. The molecule has 0 unspecified atom stereocenters. The van der Waals surface area contributed by atoms with Crippen molar-refractivity contribution in [3.8, 4) is 17.7 Å². The molecule has 0 aliphatic rings. The normalized spacial score (nSPS) is 11.7. The number of hydrogen-bond donors (Lipinski definition) is 0. The van der Waals surface area contributed by atoms with Crippen LogP contribution >= 0.6 is 0 Å². The Bertz CT molecular complexity index is 2710. The van der Waals surface area contributed by atoms with Crippen molar-refractivity contribution in [3.63, 3.8) is 0 Å². The number of pyridine rings is 1. The van der Waals surface area contributed by atoms with Crippen LogP contribution in [0.3, 0.4) is 0 Å². The van der Waals surface area contributed by atoms with E-state index in [0.717, 1.165) is 77.2 Å². The van der Waals surface area contributed by atoms with E-state index in [0.29, 0.717) is 11.3 Å². The molecule has 43 heavy (non-hydrogen) atoms. The van der Waals surface area contributed by atoms with Crippen molar-refractivity contribution in [3.05, 3.63) is 132 Å². The molecule has 0 radical (unpaired) electrons. The molecular formula is C37H19N5O. The summed E-state index contributed by atoms with van der Waals surface area (Å²) in [6.45, 7) is 7.46. The summed E-state index contributed by atoms with van der Waals surface area (Å²) in [7, 11) is 0. The Kier molecular flexibility index (Phi) is 4.65. The van der Waals surface area contributed by atoms with Crippen LogP contribution in [0.15, 0.2) is 120 Å². The van der Waals surface area contributed by atoms with Gasteiger partial charge in [0.1, 0.15) is 22.8 Å². The van der Waals surface area contributed by atoms with Crippen LogP contribution in [-0.4, -0.2) is 14.1 Å². The number of hydrogen-bond acceptors (Lipinski definition) is 3. The van der Waals surface area contributed by atoms with E-state index in [-0.39, 0.29) is 0 Å². The first-order chi connectivity index (χ1) is 21.2. The first-order valence-electron chi connectivity index (χ1n) is 13.9. The largest absolute Gasteiger partial charge is 0.455 e. The minimum absolute atomic E-state index is 0.590. The molecule has 0 saturated heterocycles. The van der Waals surface area contributed by atoms with Gasteiger partial charge < -0.3 is 4.42 Å². The maximum absolute atomic E-state index is 9.55. The fourth-order valence-electron chi connectivity index (χ4n) is 6.54. The molecule has 0 fully saturated rings. The number of furan rings is 1. The SMILES string of the molecule is [C-]#[N+]c1ccc2oc3c(ccc4c3c3ccccc3n4-c3cccc(-n4c5ccccc5c5cc(C#N)ccc54)n3)c2c1. The summed E-state index contributed by atoms with van der Waals surface area (Å²) in [5, 5.41) is 15.7. The lowest BCUT2D eigenvalue weighted by atomic mass is 10.1. The smallest absolute Gasteiger partial charge is 0.188 e. The molecule has 4 aromatic heterocycles. The predicted molar refractivity (Wildman–Crippen MR) is 171 cm³/mol.